The molecule has 0 unspecified atom stereocenters. The highest BCUT2D eigenvalue weighted by Gasteiger charge is 2.13. The van der Waals surface area contributed by atoms with Gasteiger partial charge in [0.15, 0.2) is 0 Å². The summed E-state index contributed by atoms with van der Waals surface area (Å²) in [6, 6.07) is 22.4. The van der Waals surface area contributed by atoms with Crippen molar-refractivity contribution in [1.29, 1.82) is 0 Å². The molecule has 4 aromatic carbocycles. The molecular weight excluding hydrogens is 366 g/mol. The van der Waals surface area contributed by atoms with E-state index in [0.717, 1.165) is 27.1 Å². The summed E-state index contributed by atoms with van der Waals surface area (Å²) in [5.74, 6) is -0.427. The van der Waals surface area contributed by atoms with Gasteiger partial charge in [-0.05, 0) is 46.7 Å². The maximum absolute atomic E-state index is 12.4. The van der Waals surface area contributed by atoms with Gasteiger partial charge < -0.3 is 0 Å². The van der Waals surface area contributed by atoms with E-state index >= 15 is 0 Å². The van der Waals surface area contributed by atoms with Crippen LogP contribution in [0.2, 0.25) is 0 Å². The zero-order valence-corrected chi connectivity index (χ0v) is 15.6. The molecule has 0 aliphatic rings. The first-order valence-electron chi connectivity index (χ1n) is 9.03. The Kier molecular flexibility index (Phi) is 4.75. The highest BCUT2D eigenvalue weighted by atomic mass is 16.6. The Morgan fingerprint density at radius 1 is 0.966 bits per heavy atom. The maximum atomic E-state index is 12.4. The van der Waals surface area contributed by atoms with Gasteiger partial charge in [-0.25, -0.2) is 5.43 Å². The number of carbonyl (C=O) groups excluding carboxylic acids is 1. The second-order valence-electron chi connectivity index (χ2n) is 6.69. The van der Waals surface area contributed by atoms with Crippen LogP contribution in [0.4, 0.5) is 5.69 Å². The summed E-state index contributed by atoms with van der Waals surface area (Å²) < 4.78 is 0. The normalized spacial score (nSPS) is 11.2. The van der Waals surface area contributed by atoms with Crippen LogP contribution in [0.25, 0.3) is 21.5 Å². The first kappa shape index (κ1) is 18.3. The smallest absolute Gasteiger partial charge is 0.267 e. The van der Waals surface area contributed by atoms with Crippen LogP contribution in [0, 0.1) is 17.0 Å². The molecule has 0 aliphatic carbocycles. The summed E-state index contributed by atoms with van der Waals surface area (Å²) >= 11 is 0. The average Bonchev–Trinajstić information content (AvgIpc) is 2.72. The number of nitrogens with one attached hydrogen (secondary N) is 1. The SMILES string of the molecule is Cc1cc(C(=O)NN=Cc2c3ccccc3cc3ccccc23)ccc1[N+](=O)[O-]. The van der Waals surface area contributed by atoms with E-state index in [-0.39, 0.29) is 5.69 Å². The number of aryl methyl sites for hydroxylation is 1. The fourth-order valence-corrected chi connectivity index (χ4v) is 3.41. The lowest BCUT2D eigenvalue weighted by molar-refractivity contribution is -0.385. The molecule has 6 heteroatoms. The van der Waals surface area contributed by atoms with Crippen molar-refractivity contribution < 1.29 is 9.72 Å². The quantitative estimate of drug-likeness (QED) is 0.234. The molecule has 0 saturated carbocycles. The van der Waals surface area contributed by atoms with Gasteiger partial charge in [-0.3, -0.25) is 14.9 Å². The van der Waals surface area contributed by atoms with Crippen molar-refractivity contribution in [2.24, 2.45) is 5.10 Å². The number of fused-ring (bicyclic) bond motifs is 2. The van der Waals surface area contributed by atoms with Crippen molar-refractivity contribution in [3.05, 3.63) is 99.6 Å². The number of hydrogen-bond donors (Lipinski definition) is 1. The summed E-state index contributed by atoms with van der Waals surface area (Å²) in [5, 5.41) is 19.3. The van der Waals surface area contributed by atoms with E-state index in [2.05, 4.69) is 16.6 Å². The number of hydrazone groups is 1. The van der Waals surface area contributed by atoms with Crippen molar-refractivity contribution >= 4 is 39.4 Å². The predicted octanol–water partition coefficient (Wildman–Crippen LogP) is 4.97. The molecule has 0 atom stereocenters. The minimum absolute atomic E-state index is 0.0210. The maximum Gasteiger partial charge on any atom is 0.272 e. The number of nitrogens with zero attached hydrogens (tertiary/aromatic N) is 2. The Balaban J connectivity index is 1.65. The van der Waals surface area contributed by atoms with E-state index in [1.54, 1.807) is 13.1 Å². The topological polar surface area (TPSA) is 84.6 Å². The molecule has 4 aromatic rings. The zero-order chi connectivity index (χ0) is 20.4. The van der Waals surface area contributed by atoms with Gasteiger partial charge >= 0.3 is 0 Å². The largest absolute Gasteiger partial charge is 0.272 e. The third kappa shape index (κ3) is 3.55. The molecule has 1 N–H and O–H groups in total. The van der Waals surface area contributed by atoms with E-state index in [1.165, 1.54) is 18.2 Å². The first-order valence-corrected chi connectivity index (χ1v) is 9.03. The summed E-state index contributed by atoms with van der Waals surface area (Å²) in [6.07, 6.45) is 1.64. The number of benzene rings is 4. The highest BCUT2D eigenvalue weighted by molar-refractivity contribution is 6.13. The zero-order valence-electron chi connectivity index (χ0n) is 15.6. The Morgan fingerprint density at radius 2 is 1.59 bits per heavy atom. The second-order valence-corrected chi connectivity index (χ2v) is 6.69. The van der Waals surface area contributed by atoms with Gasteiger partial charge in [0.1, 0.15) is 0 Å². The first-order chi connectivity index (χ1) is 14.0. The molecule has 142 valence electrons. The van der Waals surface area contributed by atoms with Crippen molar-refractivity contribution in [2.75, 3.05) is 0 Å². The van der Waals surface area contributed by atoms with Crippen molar-refractivity contribution in [2.45, 2.75) is 6.92 Å². The van der Waals surface area contributed by atoms with Crippen molar-refractivity contribution in [3.63, 3.8) is 0 Å². The summed E-state index contributed by atoms with van der Waals surface area (Å²) in [4.78, 5) is 22.9. The van der Waals surface area contributed by atoms with Crippen LogP contribution in [-0.4, -0.2) is 17.0 Å². The van der Waals surface area contributed by atoms with E-state index in [4.69, 9.17) is 0 Å². The van der Waals surface area contributed by atoms with Gasteiger partial charge in [-0.2, -0.15) is 5.10 Å². The molecule has 29 heavy (non-hydrogen) atoms. The van der Waals surface area contributed by atoms with Crippen molar-refractivity contribution in [1.82, 2.24) is 5.43 Å². The monoisotopic (exact) mass is 383 g/mol. The third-order valence-electron chi connectivity index (χ3n) is 4.83. The van der Waals surface area contributed by atoms with Crippen LogP contribution in [0.1, 0.15) is 21.5 Å². The molecule has 0 heterocycles. The van der Waals surface area contributed by atoms with Gasteiger partial charge in [0.05, 0.1) is 11.1 Å². The molecule has 4 rings (SSSR count). The molecule has 1 amide bonds. The lowest BCUT2D eigenvalue weighted by Crippen LogP contribution is -2.17. The molecule has 0 radical (unpaired) electrons. The lowest BCUT2D eigenvalue weighted by atomic mass is 9.97. The van der Waals surface area contributed by atoms with Gasteiger partial charge in [-0.1, -0.05) is 48.5 Å². The van der Waals surface area contributed by atoms with E-state index in [1.807, 2.05) is 48.5 Å². The van der Waals surface area contributed by atoms with Crippen LogP contribution in [-0.2, 0) is 0 Å². The van der Waals surface area contributed by atoms with E-state index in [9.17, 15) is 14.9 Å². The summed E-state index contributed by atoms with van der Waals surface area (Å²) in [5.41, 5.74) is 4.14. The molecule has 0 bridgehead atoms. The Morgan fingerprint density at radius 3 is 2.17 bits per heavy atom. The molecule has 0 saturated heterocycles. The molecular formula is C23H17N3O3. The van der Waals surface area contributed by atoms with Gasteiger partial charge in [0.2, 0.25) is 0 Å². The number of nitro benzene ring substituents is 1. The molecule has 0 spiro atoms. The standard InChI is InChI=1S/C23H17N3O3/c1-15-12-18(10-11-22(15)26(28)29)23(27)25-24-14-21-19-8-4-2-6-16(19)13-17-7-3-5-9-20(17)21/h2-14H,1H3,(H,25,27). The minimum atomic E-state index is -0.471. The van der Waals surface area contributed by atoms with Gasteiger partial charge in [0.25, 0.3) is 11.6 Å². The Bertz CT molecular complexity index is 1240. The van der Waals surface area contributed by atoms with Crippen LogP contribution >= 0.6 is 0 Å². The number of amides is 1. The lowest BCUT2D eigenvalue weighted by Gasteiger charge is -2.08. The number of carbonyl (C=O) groups is 1. The molecule has 0 fully saturated rings. The molecule has 0 aromatic heterocycles. The second kappa shape index (κ2) is 7.52. The fraction of sp³-hybridized carbons (Fsp3) is 0.0435. The third-order valence-corrected chi connectivity index (χ3v) is 4.83. The Labute approximate surface area is 166 Å². The number of rotatable bonds is 4. The minimum Gasteiger partial charge on any atom is -0.267 e. The molecule has 6 nitrogen and oxygen atoms in total. The van der Waals surface area contributed by atoms with Crippen LogP contribution in [0.15, 0.2) is 77.9 Å². The number of hydrogen-bond acceptors (Lipinski definition) is 4. The van der Waals surface area contributed by atoms with Gasteiger partial charge in [-0.15, -0.1) is 0 Å². The summed E-state index contributed by atoms with van der Waals surface area (Å²) in [7, 11) is 0. The van der Waals surface area contributed by atoms with Crippen LogP contribution < -0.4 is 5.43 Å². The number of nitro groups is 1. The average molecular weight is 383 g/mol. The predicted molar refractivity (Wildman–Crippen MR) is 114 cm³/mol. The van der Waals surface area contributed by atoms with Gasteiger partial charge in [0, 0.05) is 22.8 Å². The summed E-state index contributed by atoms with van der Waals surface area (Å²) in [6.45, 7) is 1.60. The van der Waals surface area contributed by atoms with Crippen molar-refractivity contribution in [3.8, 4) is 0 Å². The fourth-order valence-electron chi connectivity index (χ4n) is 3.41. The van der Waals surface area contributed by atoms with E-state index in [0.29, 0.717) is 11.1 Å². The van der Waals surface area contributed by atoms with E-state index < -0.39 is 10.8 Å². The van der Waals surface area contributed by atoms with Crippen LogP contribution in [0.5, 0.6) is 0 Å². The highest BCUT2D eigenvalue weighted by Crippen LogP contribution is 2.27. The Hall–Kier alpha value is -4.06. The van der Waals surface area contributed by atoms with Crippen LogP contribution in [0.3, 0.4) is 0 Å². The molecule has 0 aliphatic heterocycles.